The molecule has 0 bridgehead atoms. The molecule has 0 saturated carbocycles. The molecule has 4 rings (SSSR count). The van der Waals surface area contributed by atoms with Gasteiger partial charge in [0, 0.05) is 12.4 Å². The molecule has 9 nitrogen and oxygen atoms in total. The minimum Gasteiger partial charge on any atom is -0.403 e. The zero-order valence-electron chi connectivity index (χ0n) is 16.3. The molecule has 2 aromatic carbocycles. The van der Waals surface area contributed by atoms with Gasteiger partial charge < -0.3 is 4.42 Å². The van der Waals surface area contributed by atoms with E-state index < -0.39 is 15.9 Å². The van der Waals surface area contributed by atoms with Crippen LogP contribution in [0.5, 0.6) is 0 Å². The number of pyridine rings is 1. The zero-order valence-corrected chi connectivity index (χ0v) is 17.1. The molecule has 2 heterocycles. The van der Waals surface area contributed by atoms with Gasteiger partial charge in [0.1, 0.15) is 0 Å². The Labute approximate surface area is 178 Å². The minimum absolute atomic E-state index is 0.0892. The number of anilines is 2. The highest BCUT2D eigenvalue weighted by molar-refractivity contribution is 7.92. The number of nitrogens with zero attached hydrogens (tertiary/aromatic N) is 3. The van der Waals surface area contributed by atoms with Crippen LogP contribution in [0.25, 0.3) is 11.5 Å². The van der Waals surface area contributed by atoms with Gasteiger partial charge in [-0.1, -0.05) is 34.9 Å². The summed E-state index contributed by atoms with van der Waals surface area (Å²) in [5, 5.41) is 10.2. The number of hydrogen-bond donors (Lipinski definition) is 2. The fourth-order valence-electron chi connectivity index (χ4n) is 2.74. The first kappa shape index (κ1) is 20.2. The molecule has 0 spiro atoms. The summed E-state index contributed by atoms with van der Waals surface area (Å²) in [6.45, 7) is 1.86. The third-order valence-corrected chi connectivity index (χ3v) is 5.68. The van der Waals surface area contributed by atoms with Gasteiger partial charge in [-0.3, -0.25) is 19.8 Å². The molecule has 10 heteroatoms. The summed E-state index contributed by atoms with van der Waals surface area (Å²) in [5.74, 6) is -0.416. The van der Waals surface area contributed by atoms with Gasteiger partial charge in [0.2, 0.25) is 0 Å². The van der Waals surface area contributed by atoms with Crippen molar-refractivity contribution in [1.29, 1.82) is 0 Å². The lowest BCUT2D eigenvalue weighted by atomic mass is 10.2. The fraction of sp³-hybridized carbons (Fsp3) is 0.0476. The number of nitrogens with one attached hydrogen (secondary N) is 2. The predicted octanol–water partition coefficient (Wildman–Crippen LogP) is 3.49. The van der Waals surface area contributed by atoms with Gasteiger partial charge in [-0.15, -0.1) is 5.10 Å². The maximum absolute atomic E-state index is 12.8. The molecule has 0 aliphatic carbocycles. The lowest BCUT2D eigenvalue weighted by Gasteiger charge is -2.12. The van der Waals surface area contributed by atoms with Crippen molar-refractivity contribution in [2.75, 3.05) is 10.0 Å². The standard InChI is InChI=1S/C21H17N5O4S/c1-14-8-10-16(11-9-14)31(28,29)26-18-7-3-2-6-17(18)19(27)23-21-25-24-20(30-21)15-5-4-12-22-13-15/h2-13,26H,1H3,(H,23,25,27). The highest BCUT2D eigenvalue weighted by atomic mass is 32.2. The summed E-state index contributed by atoms with van der Waals surface area (Å²) in [7, 11) is -3.88. The summed E-state index contributed by atoms with van der Waals surface area (Å²) in [6.07, 6.45) is 3.16. The van der Waals surface area contributed by atoms with E-state index in [1.54, 1.807) is 48.8 Å². The third kappa shape index (κ3) is 4.59. The molecule has 0 unspecified atom stereocenters. The number of amides is 1. The first-order chi connectivity index (χ1) is 14.9. The third-order valence-electron chi connectivity index (χ3n) is 4.30. The summed E-state index contributed by atoms with van der Waals surface area (Å²) < 4.78 is 33.3. The van der Waals surface area contributed by atoms with E-state index >= 15 is 0 Å². The van der Waals surface area contributed by atoms with Gasteiger partial charge in [-0.05, 0) is 43.3 Å². The first-order valence-corrected chi connectivity index (χ1v) is 10.6. The Hall–Kier alpha value is -4.05. The van der Waals surface area contributed by atoms with Gasteiger partial charge in [-0.2, -0.15) is 0 Å². The van der Waals surface area contributed by atoms with Gasteiger partial charge in [0.05, 0.1) is 21.7 Å². The SMILES string of the molecule is Cc1ccc(S(=O)(=O)Nc2ccccc2C(=O)Nc2nnc(-c3cccnc3)o2)cc1. The minimum atomic E-state index is -3.88. The number of rotatable bonds is 6. The molecule has 0 radical (unpaired) electrons. The highest BCUT2D eigenvalue weighted by Gasteiger charge is 2.20. The van der Waals surface area contributed by atoms with Gasteiger partial charge in [-0.25, -0.2) is 8.42 Å². The second-order valence-corrected chi connectivity index (χ2v) is 8.25. The Morgan fingerprint density at radius 3 is 2.48 bits per heavy atom. The molecule has 0 atom stereocenters. The first-order valence-electron chi connectivity index (χ1n) is 9.16. The topological polar surface area (TPSA) is 127 Å². The van der Waals surface area contributed by atoms with Gasteiger partial charge in [0.15, 0.2) is 0 Å². The average molecular weight is 435 g/mol. The molecule has 31 heavy (non-hydrogen) atoms. The van der Waals surface area contributed by atoms with E-state index in [1.165, 1.54) is 24.3 Å². The van der Waals surface area contributed by atoms with Crippen LogP contribution in [0.1, 0.15) is 15.9 Å². The number of aryl methyl sites for hydroxylation is 1. The quantitative estimate of drug-likeness (QED) is 0.474. The largest absolute Gasteiger partial charge is 0.403 e. The highest BCUT2D eigenvalue weighted by Crippen LogP contribution is 2.23. The van der Waals surface area contributed by atoms with Crippen LogP contribution in [-0.4, -0.2) is 29.5 Å². The number of benzene rings is 2. The van der Waals surface area contributed by atoms with E-state index in [0.29, 0.717) is 5.56 Å². The number of hydrogen-bond acceptors (Lipinski definition) is 7. The number of para-hydroxylation sites is 1. The molecule has 2 aromatic heterocycles. The summed E-state index contributed by atoms with van der Waals surface area (Å²) in [5.41, 5.74) is 1.75. The zero-order chi connectivity index (χ0) is 21.8. The normalized spacial score (nSPS) is 11.1. The average Bonchev–Trinajstić information content (AvgIpc) is 3.23. The lowest BCUT2D eigenvalue weighted by Crippen LogP contribution is -2.18. The van der Waals surface area contributed by atoms with Crippen molar-refractivity contribution in [2.24, 2.45) is 0 Å². The maximum atomic E-state index is 12.8. The smallest absolute Gasteiger partial charge is 0.322 e. The van der Waals surface area contributed by atoms with Crippen LogP contribution >= 0.6 is 0 Å². The van der Waals surface area contributed by atoms with Crippen molar-refractivity contribution < 1.29 is 17.6 Å². The van der Waals surface area contributed by atoms with Crippen molar-refractivity contribution in [2.45, 2.75) is 11.8 Å². The molecule has 0 aliphatic heterocycles. The monoisotopic (exact) mass is 435 g/mol. The Balaban J connectivity index is 1.55. The van der Waals surface area contributed by atoms with Crippen LogP contribution in [0.15, 0.2) is 82.4 Å². The van der Waals surface area contributed by atoms with E-state index in [9.17, 15) is 13.2 Å². The number of sulfonamides is 1. The van der Waals surface area contributed by atoms with E-state index in [1.807, 2.05) is 6.92 Å². The van der Waals surface area contributed by atoms with Crippen LogP contribution in [0, 0.1) is 6.92 Å². The molecule has 1 amide bonds. The van der Waals surface area contributed by atoms with Crippen molar-refractivity contribution in [3.8, 4) is 11.5 Å². The van der Waals surface area contributed by atoms with Crippen molar-refractivity contribution in [1.82, 2.24) is 15.2 Å². The molecule has 4 aromatic rings. The van der Waals surface area contributed by atoms with Crippen LogP contribution in [0.4, 0.5) is 11.7 Å². The van der Waals surface area contributed by atoms with E-state index in [4.69, 9.17) is 4.42 Å². The molecule has 156 valence electrons. The number of carbonyl (C=O) groups is 1. The summed E-state index contributed by atoms with van der Waals surface area (Å²) >= 11 is 0. The number of carbonyl (C=O) groups excluding carboxylic acids is 1. The van der Waals surface area contributed by atoms with E-state index in [-0.39, 0.29) is 28.1 Å². The van der Waals surface area contributed by atoms with Crippen LogP contribution in [0.2, 0.25) is 0 Å². The second kappa shape index (κ2) is 8.36. The van der Waals surface area contributed by atoms with Crippen LogP contribution in [0.3, 0.4) is 0 Å². The summed E-state index contributed by atoms with van der Waals surface area (Å²) in [4.78, 5) is 16.8. The van der Waals surface area contributed by atoms with Gasteiger partial charge in [0.25, 0.3) is 21.8 Å². The van der Waals surface area contributed by atoms with Crippen LogP contribution < -0.4 is 10.0 Å². The molecule has 0 fully saturated rings. The predicted molar refractivity (Wildman–Crippen MR) is 114 cm³/mol. The molecular formula is C21H17N5O4S. The Bertz CT molecular complexity index is 1320. The van der Waals surface area contributed by atoms with E-state index in [0.717, 1.165) is 5.56 Å². The van der Waals surface area contributed by atoms with Crippen LogP contribution in [-0.2, 0) is 10.0 Å². The molecule has 2 N–H and O–H groups in total. The fourth-order valence-corrected chi connectivity index (χ4v) is 3.82. The summed E-state index contributed by atoms with van der Waals surface area (Å²) in [6, 6.07) is 15.9. The molecule has 0 saturated heterocycles. The maximum Gasteiger partial charge on any atom is 0.322 e. The van der Waals surface area contributed by atoms with Gasteiger partial charge >= 0.3 is 6.01 Å². The second-order valence-electron chi connectivity index (χ2n) is 6.57. The molecule has 0 aliphatic rings. The van der Waals surface area contributed by atoms with Crippen molar-refractivity contribution in [3.05, 3.63) is 84.2 Å². The Morgan fingerprint density at radius 2 is 1.74 bits per heavy atom. The van der Waals surface area contributed by atoms with Crippen molar-refractivity contribution >= 4 is 27.6 Å². The Morgan fingerprint density at radius 1 is 0.968 bits per heavy atom. The number of aromatic nitrogens is 3. The Kier molecular flexibility index (Phi) is 5.46. The van der Waals surface area contributed by atoms with E-state index in [2.05, 4.69) is 25.2 Å². The lowest BCUT2D eigenvalue weighted by molar-refractivity contribution is 0.102. The van der Waals surface area contributed by atoms with Crippen molar-refractivity contribution in [3.63, 3.8) is 0 Å². The molecular weight excluding hydrogens is 418 g/mol.